The van der Waals surface area contributed by atoms with E-state index in [1.165, 1.54) is 16.7 Å². The van der Waals surface area contributed by atoms with Crippen molar-refractivity contribution in [1.82, 2.24) is 5.32 Å². The van der Waals surface area contributed by atoms with Gasteiger partial charge in [0.15, 0.2) is 0 Å². The smallest absolute Gasteiger partial charge is 0.101 e. The summed E-state index contributed by atoms with van der Waals surface area (Å²) in [4.78, 5) is 0. The van der Waals surface area contributed by atoms with Crippen molar-refractivity contribution in [3.05, 3.63) is 48.1 Å². The van der Waals surface area contributed by atoms with E-state index < -0.39 is 6.17 Å². The molecule has 1 aliphatic heterocycles. The third-order valence-electron chi connectivity index (χ3n) is 3.85. The van der Waals surface area contributed by atoms with Crippen molar-refractivity contribution >= 4 is 0 Å². The number of halogens is 1. The molecule has 0 radical (unpaired) electrons. The molecule has 0 bridgehead atoms. The highest BCUT2D eigenvalue weighted by Gasteiger charge is 2.41. The molecule has 2 aliphatic rings. The van der Waals surface area contributed by atoms with E-state index in [4.69, 9.17) is 0 Å². The van der Waals surface area contributed by atoms with Gasteiger partial charge in [0.25, 0.3) is 0 Å². The van der Waals surface area contributed by atoms with Gasteiger partial charge in [0.1, 0.15) is 6.17 Å². The first-order chi connectivity index (χ1) is 8.56. The molecule has 1 aliphatic carbocycles. The van der Waals surface area contributed by atoms with Gasteiger partial charge in [0.2, 0.25) is 0 Å². The Morgan fingerprint density at radius 1 is 1.44 bits per heavy atom. The molecule has 0 amide bonds. The van der Waals surface area contributed by atoms with Crippen LogP contribution in [0.5, 0.6) is 0 Å². The molecule has 0 aromatic heterocycles. The van der Waals surface area contributed by atoms with Crippen LogP contribution in [0.1, 0.15) is 26.2 Å². The zero-order chi connectivity index (χ0) is 13.2. The van der Waals surface area contributed by atoms with Crippen molar-refractivity contribution in [2.45, 2.75) is 32.4 Å². The molecule has 1 spiro atoms. The number of alkyl halides is 1. The third-order valence-corrected chi connectivity index (χ3v) is 3.85. The highest BCUT2D eigenvalue weighted by atomic mass is 19.1. The maximum atomic E-state index is 13.0. The quantitative estimate of drug-likeness (QED) is 0.801. The van der Waals surface area contributed by atoms with Crippen LogP contribution in [0.4, 0.5) is 4.39 Å². The van der Waals surface area contributed by atoms with Gasteiger partial charge in [-0.2, -0.15) is 0 Å². The number of allylic oxidation sites excluding steroid dienone is 6. The largest absolute Gasteiger partial charge is 0.315 e. The van der Waals surface area contributed by atoms with Crippen LogP contribution >= 0.6 is 0 Å². The first kappa shape index (κ1) is 13.3. The predicted octanol–water partition coefficient (Wildman–Crippen LogP) is 3.71. The monoisotopic (exact) mass is 247 g/mol. The Labute approximate surface area is 109 Å². The van der Waals surface area contributed by atoms with Gasteiger partial charge in [-0.05, 0) is 42.9 Å². The van der Waals surface area contributed by atoms with Gasteiger partial charge in [0.05, 0.1) is 0 Å². The minimum Gasteiger partial charge on any atom is -0.315 e. The van der Waals surface area contributed by atoms with Gasteiger partial charge in [-0.3, -0.25) is 0 Å². The van der Waals surface area contributed by atoms with Crippen molar-refractivity contribution in [2.24, 2.45) is 5.41 Å². The standard InChI is InChI=1S/C16H22FN/c1-4-5-15-12(2)8-16(10-18-11-16)9-14(15)7-6-13(3)17/h4-5,7,13,18H,1-2,6,8-11H2,3H3/b14-7-,15-5-. The van der Waals surface area contributed by atoms with Crippen LogP contribution in [0.2, 0.25) is 0 Å². The second kappa shape index (κ2) is 5.23. The van der Waals surface area contributed by atoms with Gasteiger partial charge in [-0.1, -0.05) is 31.4 Å². The minimum atomic E-state index is -0.784. The zero-order valence-electron chi connectivity index (χ0n) is 11.1. The van der Waals surface area contributed by atoms with Crippen LogP contribution in [-0.2, 0) is 0 Å². The normalized spacial score (nSPS) is 28.4. The molecule has 1 unspecified atom stereocenters. The lowest BCUT2D eigenvalue weighted by molar-refractivity contribution is 0.161. The van der Waals surface area contributed by atoms with E-state index >= 15 is 0 Å². The molecule has 1 saturated carbocycles. The molecule has 1 nitrogen and oxygen atoms in total. The fraction of sp³-hybridized carbons (Fsp3) is 0.500. The Morgan fingerprint density at radius 2 is 2.17 bits per heavy atom. The molecule has 2 heteroatoms. The molecule has 18 heavy (non-hydrogen) atoms. The molecule has 1 heterocycles. The first-order valence-electron chi connectivity index (χ1n) is 6.61. The van der Waals surface area contributed by atoms with Crippen LogP contribution in [0.3, 0.4) is 0 Å². The van der Waals surface area contributed by atoms with Crippen LogP contribution in [0, 0.1) is 5.41 Å². The highest BCUT2D eigenvalue weighted by molar-refractivity contribution is 5.51. The van der Waals surface area contributed by atoms with Crippen molar-refractivity contribution in [1.29, 1.82) is 0 Å². The zero-order valence-corrected chi connectivity index (χ0v) is 11.1. The molecule has 0 aromatic rings. The van der Waals surface area contributed by atoms with Crippen LogP contribution < -0.4 is 5.32 Å². The minimum absolute atomic E-state index is 0.334. The van der Waals surface area contributed by atoms with Crippen LogP contribution in [-0.4, -0.2) is 19.3 Å². The summed E-state index contributed by atoms with van der Waals surface area (Å²) in [5.74, 6) is 0. The molecule has 0 aromatic carbocycles. The predicted molar refractivity (Wildman–Crippen MR) is 75.2 cm³/mol. The lowest BCUT2D eigenvalue weighted by Gasteiger charge is -2.47. The molecule has 1 saturated heterocycles. The first-order valence-corrected chi connectivity index (χ1v) is 6.61. The molecule has 2 rings (SSSR count). The summed E-state index contributed by atoms with van der Waals surface area (Å²) in [5.41, 5.74) is 3.92. The Bertz CT molecular complexity index is 411. The Balaban J connectivity index is 2.24. The van der Waals surface area contributed by atoms with Gasteiger partial charge in [-0.25, -0.2) is 4.39 Å². The Kier molecular flexibility index (Phi) is 3.86. The number of rotatable bonds is 3. The number of hydrogen-bond acceptors (Lipinski definition) is 1. The highest BCUT2D eigenvalue weighted by Crippen LogP contribution is 2.46. The maximum absolute atomic E-state index is 13.0. The van der Waals surface area contributed by atoms with E-state index in [1.807, 2.05) is 12.2 Å². The van der Waals surface area contributed by atoms with E-state index in [1.54, 1.807) is 13.0 Å². The van der Waals surface area contributed by atoms with E-state index in [2.05, 4.69) is 18.5 Å². The molecule has 1 atom stereocenters. The van der Waals surface area contributed by atoms with E-state index in [0.717, 1.165) is 25.9 Å². The van der Waals surface area contributed by atoms with Gasteiger partial charge >= 0.3 is 0 Å². The topological polar surface area (TPSA) is 12.0 Å². The van der Waals surface area contributed by atoms with E-state index in [0.29, 0.717) is 11.8 Å². The summed E-state index contributed by atoms with van der Waals surface area (Å²) in [6.07, 6.45) is 7.63. The Morgan fingerprint density at radius 3 is 2.67 bits per heavy atom. The molecular weight excluding hydrogens is 225 g/mol. The van der Waals surface area contributed by atoms with E-state index in [-0.39, 0.29) is 0 Å². The molecule has 1 N–H and O–H groups in total. The van der Waals surface area contributed by atoms with Crippen LogP contribution in [0.25, 0.3) is 0 Å². The van der Waals surface area contributed by atoms with Crippen molar-refractivity contribution in [3.63, 3.8) is 0 Å². The Hall–Kier alpha value is -1.15. The second-order valence-corrected chi connectivity index (χ2v) is 5.62. The maximum Gasteiger partial charge on any atom is 0.101 e. The number of hydrogen-bond donors (Lipinski definition) is 1. The SMILES string of the molecule is C=C/C=C1/C(=C)CC2(CNC2)C/C1=C/CC(C)F. The van der Waals surface area contributed by atoms with Crippen molar-refractivity contribution < 1.29 is 4.39 Å². The second-order valence-electron chi connectivity index (χ2n) is 5.62. The van der Waals surface area contributed by atoms with Gasteiger partial charge in [0, 0.05) is 18.5 Å². The summed E-state index contributed by atoms with van der Waals surface area (Å²) < 4.78 is 13.0. The molecule has 2 fully saturated rings. The lowest BCUT2D eigenvalue weighted by Crippen LogP contribution is -2.55. The summed E-state index contributed by atoms with van der Waals surface area (Å²) in [5, 5.41) is 3.34. The van der Waals surface area contributed by atoms with Gasteiger partial charge < -0.3 is 5.32 Å². The molecule has 98 valence electrons. The fourth-order valence-corrected chi connectivity index (χ4v) is 2.89. The summed E-state index contributed by atoms with van der Waals surface area (Å²) in [6, 6.07) is 0. The average Bonchev–Trinajstić information content (AvgIpc) is 2.27. The molecular formula is C16H22FN. The van der Waals surface area contributed by atoms with E-state index in [9.17, 15) is 4.39 Å². The van der Waals surface area contributed by atoms with Crippen LogP contribution in [0.15, 0.2) is 48.1 Å². The number of nitrogens with one attached hydrogen (secondary N) is 1. The van der Waals surface area contributed by atoms with Gasteiger partial charge in [-0.15, -0.1) is 0 Å². The summed E-state index contributed by atoms with van der Waals surface area (Å²) >= 11 is 0. The lowest BCUT2D eigenvalue weighted by atomic mass is 9.65. The summed E-state index contributed by atoms with van der Waals surface area (Å²) in [6.45, 7) is 11.7. The van der Waals surface area contributed by atoms with Crippen molar-refractivity contribution in [3.8, 4) is 0 Å². The fourth-order valence-electron chi connectivity index (χ4n) is 2.89. The average molecular weight is 247 g/mol. The summed E-state index contributed by atoms with van der Waals surface area (Å²) in [7, 11) is 0. The third kappa shape index (κ3) is 2.64. The van der Waals surface area contributed by atoms with Crippen molar-refractivity contribution in [2.75, 3.05) is 13.1 Å².